The summed E-state index contributed by atoms with van der Waals surface area (Å²) in [6.07, 6.45) is -5.11. The lowest BCUT2D eigenvalue weighted by Gasteiger charge is -2.09. The molecule has 2 N–H and O–H groups in total. The van der Waals surface area contributed by atoms with Gasteiger partial charge < -0.3 is 5.73 Å². The maximum atomic E-state index is 13.1. The van der Waals surface area contributed by atoms with Gasteiger partial charge in [0.25, 0.3) is 0 Å². The number of rotatable bonds is 4. The van der Waals surface area contributed by atoms with E-state index in [1.54, 1.807) is 0 Å². The van der Waals surface area contributed by atoms with Gasteiger partial charge in [0.2, 0.25) is 0 Å². The second-order valence-corrected chi connectivity index (χ2v) is 3.57. The molecule has 0 saturated heterocycles. The van der Waals surface area contributed by atoms with Crippen molar-refractivity contribution in [2.45, 2.75) is 25.2 Å². The van der Waals surface area contributed by atoms with E-state index in [4.69, 9.17) is 5.73 Å². The molecule has 0 aliphatic carbocycles. The normalized spacial score (nSPS) is 13.8. The number of halogens is 4. The van der Waals surface area contributed by atoms with E-state index in [9.17, 15) is 17.6 Å². The lowest BCUT2D eigenvalue weighted by molar-refractivity contribution is -0.137. The van der Waals surface area contributed by atoms with Crippen LogP contribution in [0.25, 0.3) is 0 Å². The zero-order valence-electron chi connectivity index (χ0n) is 8.60. The van der Waals surface area contributed by atoms with Crippen LogP contribution in [-0.2, 0) is 12.6 Å². The Morgan fingerprint density at radius 2 is 1.69 bits per heavy atom. The average molecular weight is 235 g/mol. The van der Waals surface area contributed by atoms with Crippen LogP contribution in [0.1, 0.15) is 17.5 Å². The zero-order valence-corrected chi connectivity index (χ0v) is 8.60. The SMILES string of the molecule is NCCC(F)Cc1ccc(C(F)(F)F)cc1. The minimum Gasteiger partial charge on any atom is -0.330 e. The van der Waals surface area contributed by atoms with E-state index in [1.807, 2.05) is 0 Å². The first kappa shape index (κ1) is 13.0. The number of benzene rings is 1. The Kier molecular flexibility index (Phi) is 4.29. The van der Waals surface area contributed by atoms with Gasteiger partial charge in [-0.25, -0.2) is 4.39 Å². The second kappa shape index (κ2) is 5.30. The van der Waals surface area contributed by atoms with E-state index in [2.05, 4.69) is 0 Å². The van der Waals surface area contributed by atoms with Crippen molar-refractivity contribution in [2.75, 3.05) is 6.54 Å². The number of hydrogen-bond acceptors (Lipinski definition) is 1. The molecule has 0 spiro atoms. The summed E-state index contributed by atoms with van der Waals surface area (Å²) in [6, 6.07) is 4.52. The molecule has 0 fully saturated rings. The smallest absolute Gasteiger partial charge is 0.330 e. The molecular formula is C11H13F4N. The van der Waals surface area contributed by atoms with Crippen molar-refractivity contribution in [3.05, 3.63) is 35.4 Å². The molecule has 1 aromatic rings. The molecule has 1 aromatic carbocycles. The minimum absolute atomic E-state index is 0.106. The largest absolute Gasteiger partial charge is 0.416 e. The standard InChI is InChI=1S/C11H13F4N/c12-10(5-6-16)7-8-1-3-9(4-2-8)11(13,14)15/h1-4,10H,5-7,16H2. The first-order chi connectivity index (χ1) is 7.43. The van der Waals surface area contributed by atoms with Gasteiger partial charge in [-0.2, -0.15) is 13.2 Å². The Balaban J connectivity index is 2.65. The predicted molar refractivity (Wildman–Crippen MR) is 53.7 cm³/mol. The first-order valence-corrected chi connectivity index (χ1v) is 4.93. The highest BCUT2D eigenvalue weighted by Crippen LogP contribution is 2.29. The minimum atomic E-state index is -4.34. The number of nitrogens with two attached hydrogens (primary N) is 1. The molecule has 1 rings (SSSR count). The fraction of sp³-hybridized carbons (Fsp3) is 0.455. The molecule has 0 saturated carbocycles. The van der Waals surface area contributed by atoms with Gasteiger partial charge in [0, 0.05) is 6.42 Å². The van der Waals surface area contributed by atoms with E-state index >= 15 is 0 Å². The van der Waals surface area contributed by atoms with E-state index < -0.39 is 17.9 Å². The van der Waals surface area contributed by atoms with E-state index in [1.165, 1.54) is 12.1 Å². The van der Waals surface area contributed by atoms with Crippen LogP contribution in [0.3, 0.4) is 0 Å². The fourth-order valence-electron chi connectivity index (χ4n) is 1.37. The van der Waals surface area contributed by atoms with Gasteiger partial charge in [0.15, 0.2) is 0 Å². The summed E-state index contributed by atoms with van der Waals surface area (Å²) in [6.45, 7) is 0.238. The third-order valence-electron chi connectivity index (χ3n) is 2.22. The Bertz CT molecular complexity index is 318. The molecule has 0 aromatic heterocycles. The van der Waals surface area contributed by atoms with Gasteiger partial charge in [-0.05, 0) is 30.7 Å². The molecule has 5 heteroatoms. The van der Waals surface area contributed by atoms with Crippen molar-refractivity contribution in [2.24, 2.45) is 5.73 Å². The fourth-order valence-corrected chi connectivity index (χ4v) is 1.37. The van der Waals surface area contributed by atoms with Crippen LogP contribution in [0, 0.1) is 0 Å². The summed E-state index contributed by atoms with van der Waals surface area (Å²) >= 11 is 0. The maximum Gasteiger partial charge on any atom is 0.416 e. The Labute approximate surface area is 91.3 Å². The van der Waals surface area contributed by atoms with Gasteiger partial charge in [0.1, 0.15) is 6.17 Å². The van der Waals surface area contributed by atoms with Crippen molar-refractivity contribution in [3.63, 3.8) is 0 Å². The second-order valence-electron chi connectivity index (χ2n) is 3.57. The quantitative estimate of drug-likeness (QED) is 0.798. The van der Waals surface area contributed by atoms with Gasteiger partial charge in [-0.1, -0.05) is 12.1 Å². The highest BCUT2D eigenvalue weighted by atomic mass is 19.4. The zero-order chi connectivity index (χ0) is 12.2. The third-order valence-corrected chi connectivity index (χ3v) is 2.22. The Hall–Kier alpha value is -1.10. The van der Waals surface area contributed by atoms with Gasteiger partial charge >= 0.3 is 6.18 Å². The summed E-state index contributed by atoms with van der Waals surface area (Å²) in [5.74, 6) is 0. The molecule has 0 aliphatic rings. The van der Waals surface area contributed by atoms with Crippen molar-refractivity contribution in [1.29, 1.82) is 0 Å². The van der Waals surface area contributed by atoms with Crippen LogP contribution in [0.5, 0.6) is 0 Å². The molecule has 0 radical (unpaired) electrons. The van der Waals surface area contributed by atoms with E-state index in [0.717, 1.165) is 12.1 Å². The van der Waals surface area contributed by atoms with Gasteiger partial charge in [-0.15, -0.1) is 0 Å². The molecule has 1 unspecified atom stereocenters. The van der Waals surface area contributed by atoms with E-state index in [-0.39, 0.29) is 19.4 Å². The van der Waals surface area contributed by atoms with Crippen molar-refractivity contribution in [3.8, 4) is 0 Å². The third kappa shape index (κ3) is 3.81. The van der Waals surface area contributed by atoms with E-state index in [0.29, 0.717) is 5.56 Å². The molecule has 0 bridgehead atoms. The molecule has 1 nitrogen and oxygen atoms in total. The van der Waals surface area contributed by atoms with Crippen molar-refractivity contribution in [1.82, 2.24) is 0 Å². The Morgan fingerprint density at radius 1 is 1.12 bits per heavy atom. The summed E-state index contributed by atoms with van der Waals surface area (Å²) in [5, 5.41) is 0. The number of hydrogen-bond donors (Lipinski definition) is 1. The number of alkyl halides is 4. The first-order valence-electron chi connectivity index (χ1n) is 4.93. The Morgan fingerprint density at radius 3 is 2.12 bits per heavy atom. The predicted octanol–water partition coefficient (Wildman–Crippen LogP) is 2.93. The topological polar surface area (TPSA) is 26.0 Å². The lowest BCUT2D eigenvalue weighted by Crippen LogP contribution is -2.12. The molecule has 16 heavy (non-hydrogen) atoms. The summed E-state index contributed by atoms with van der Waals surface area (Å²) in [7, 11) is 0. The molecule has 90 valence electrons. The van der Waals surface area contributed by atoms with Crippen LogP contribution in [0.4, 0.5) is 17.6 Å². The van der Waals surface area contributed by atoms with Crippen molar-refractivity contribution >= 4 is 0 Å². The molecular weight excluding hydrogens is 222 g/mol. The summed E-state index contributed by atoms with van der Waals surface area (Å²) in [4.78, 5) is 0. The molecule has 0 aliphatic heterocycles. The maximum absolute atomic E-state index is 13.1. The highest BCUT2D eigenvalue weighted by Gasteiger charge is 2.29. The van der Waals surface area contributed by atoms with Crippen LogP contribution in [0.2, 0.25) is 0 Å². The molecule has 0 amide bonds. The van der Waals surface area contributed by atoms with Crippen LogP contribution >= 0.6 is 0 Å². The highest BCUT2D eigenvalue weighted by molar-refractivity contribution is 5.25. The van der Waals surface area contributed by atoms with Crippen LogP contribution in [0.15, 0.2) is 24.3 Å². The molecule has 0 heterocycles. The summed E-state index contributed by atoms with van der Waals surface area (Å²) in [5.41, 5.74) is 5.01. The average Bonchev–Trinajstić information content (AvgIpc) is 2.17. The monoisotopic (exact) mass is 235 g/mol. The lowest BCUT2D eigenvalue weighted by atomic mass is 10.0. The summed E-state index contributed by atoms with van der Waals surface area (Å²) < 4.78 is 49.8. The van der Waals surface area contributed by atoms with Crippen LogP contribution in [-0.4, -0.2) is 12.7 Å². The van der Waals surface area contributed by atoms with Gasteiger partial charge in [-0.3, -0.25) is 0 Å². The molecule has 1 atom stereocenters. The van der Waals surface area contributed by atoms with Crippen molar-refractivity contribution < 1.29 is 17.6 Å². The van der Waals surface area contributed by atoms with Crippen LogP contribution < -0.4 is 5.73 Å². The van der Waals surface area contributed by atoms with Gasteiger partial charge in [0.05, 0.1) is 5.56 Å².